The molecule has 8 heteroatoms. The molecule has 2 amide bonds. The Hall–Kier alpha value is -2.93. The zero-order valence-electron chi connectivity index (χ0n) is 12.9. The van der Waals surface area contributed by atoms with Gasteiger partial charge in [-0.3, -0.25) is 0 Å². The molecule has 0 bridgehead atoms. The molecule has 0 saturated carbocycles. The fraction of sp³-hybridized carbons (Fsp3) is 0.125. The molecule has 7 nitrogen and oxygen atoms in total. The van der Waals surface area contributed by atoms with Crippen LogP contribution in [0.5, 0.6) is 0 Å². The second-order valence-corrected chi connectivity index (χ2v) is 5.63. The number of anilines is 1. The molecule has 1 heterocycles. The predicted octanol–water partition coefficient (Wildman–Crippen LogP) is 2.95. The van der Waals surface area contributed by atoms with Gasteiger partial charge in [0.25, 0.3) is 0 Å². The van der Waals surface area contributed by atoms with E-state index in [1.165, 1.54) is 6.33 Å². The number of hydrogen-bond acceptors (Lipinski definition) is 4. The SMILES string of the molecule is Cc1cc(NC(=O)NCc2cccc(Cl)c2)ccc1-n1cnnn1. The Morgan fingerprint density at radius 3 is 2.83 bits per heavy atom. The molecule has 0 fully saturated rings. The molecule has 3 aromatic rings. The van der Waals surface area contributed by atoms with Crippen LogP contribution in [0.3, 0.4) is 0 Å². The van der Waals surface area contributed by atoms with Crippen LogP contribution in [0.25, 0.3) is 5.69 Å². The molecule has 2 aromatic carbocycles. The van der Waals surface area contributed by atoms with Crippen molar-refractivity contribution in [2.24, 2.45) is 0 Å². The molecule has 0 radical (unpaired) electrons. The highest BCUT2D eigenvalue weighted by atomic mass is 35.5. The third-order valence-corrected chi connectivity index (χ3v) is 3.63. The van der Waals surface area contributed by atoms with E-state index in [9.17, 15) is 4.79 Å². The number of rotatable bonds is 4. The first-order chi connectivity index (χ1) is 11.6. The summed E-state index contributed by atoms with van der Waals surface area (Å²) >= 11 is 5.92. The van der Waals surface area contributed by atoms with Crippen molar-refractivity contribution < 1.29 is 4.79 Å². The first-order valence-electron chi connectivity index (χ1n) is 7.25. The summed E-state index contributed by atoms with van der Waals surface area (Å²) in [6.07, 6.45) is 1.52. The second kappa shape index (κ2) is 7.10. The topological polar surface area (TPSA) is 84.7 Å². The molecule has 1 aromatic heterocycles. The van der Waals surface area contributed by atoms with Crippen LogP contribution in [0, 0.1) is 6.92 Å². The normalized spacial score (nSPS) is 10.4. The molecule has 122 valence electrons. The van der Waals surface area contributed by atoms with E-state index in [0.29, 0.717) is 17.3 Å². The number of urea groups is 1. The van der Waals surface area contributed by atoms with Gasteiger partial charge < -0.3 is 10.6 Å². The van der Waals surface area contributed by atoms with E-state index < -0.39 is 0 Å². The monoisotopic (exact) mass is 342 g/mol. The van der Waals surface area contributed by atoms with Crippen molar-refractivity contribution in [3.8, 4) is 5.69 Å². The van der Waals surface area contributed by atoms with Crippen LogP contribution in [-0.2, 0) is 6.54 Å². The van der Waals surface area contributed by atoms with Crippen molar-refractivity contribution in [1.82, 2.24) is 25.5 Å². The zero-order chi connectivity index (χ0) is 16.9. The minimum Gasteiger partial charge on any atom is -0.334 e. The summed E-state index contributed by atoms with van der Waals surface area (Å²) in [6, 6.07) is 12.6. The Morgan fingerprint density at radius 1 is 1.25 bits per heavy atom. The van der Waals surface area contributed by atoms with Crippen LogP contribution in [0.1, 0.15) is 11.1 Å². The van der Waals surface area contributed by atoms with Crippen molar-refractivity contribution >= 4 is 23.3 Å². The first kappa shape index (κ1) is 15.9. The summed E-state index contributed by atoms with van der Waals surface area (Å²) in [5.74, 6) is 0. The van der Waals surface area contributed by atoms with Crippen LogP contribution >= 0.6 is 11.6 Å². The lowest BCUT2D eigenvalue weighted by Gasteiger charge is -2.10. The van der Waals surface area contributed by atoms with E-state index >= 15 is 0 Å². The number of carbonyl (C=O) groups is 1. The Morgan fingerprint density at radius 2 is 2.12 bits per heavy atom. The predicted molar refractivity (Wildman–Crippen MR) is 91.2 cm³/mol. The molecule has 2 N–H and O–H groups in total. The fourth-order valence-electron chi connectivity index (χ4n) is 2.27. The minimum atomic E-state index is -0.287. The molecule has 0 aliphatic heterocycles. The molecule has 0 aliphatic rings. The lowest BCUT2D eigenvalue weighted by molar-refractivity contribution is 0.251. The van der Waals surface area contributed by atoms with Gasteiger partial charge >= 0.3 is 6.03 Å². The summed E-state index contributed by atoms with van der Waals surface area (Å²) in [4.78, 5) is 12.0. The summed E-state index contributed by atoms with van der Waals surface area (Å²) in [6.45, 7) is 2.32. The van der Waals surface area contributed by atoms with Gasteiger partial charge in [-0.05, 0) is 58.8 Å². The van der Waals surface area contributed by atoms with Gasteiger partial charge in [-0.2, -0.15) is 0 Å². The lowest BCUT2D eigenvalue weighted by Crippen LogP contribution is -2.28. The Bertz CT molecular complexity index is 850. The summed E-state index contributed by atoms with van der Waals surface area (Å²) in [5.41, 5.74) is 3.41. The Balaban J connectivity index is 1.61. The quantitative estimate of drug-likeness (QED) is 0.763. The molecule has 3 rings (SSSR count). The standard InChI is InChI=1S/C16H15ClN6O/c1-11-7-14(5-6-15(11)23-10-19-21-22-23)20-16(24)18-9-12-3-2-4-13(17)8-12/h2-8,10H,9H2,1H3,(H2,18,20,24). The van der Waals surface area contributed by atoms with Gasteiger partial charge in [0.1, 0.15) is 6.33 Å². The van der Waals surface area contributed by atoms with E-state index in [1.54, 1.807) is 16.8 Å². The van der Waals surface area contributed by atoms with E-state index in [1.807, 2.05) is 37.3 Å². The molecular weight excluding hydrogens is 328 g/mol. The molecule has 24 heavy (non-hydrogen) atoms. The maximum absolute atomic E-state index is 12.0. The molecule has 0 saturated heterocycles. The number of aromatic nitrogens is 4. The third-order valence-electron chi connectivity index (χ3n) is 3.39. The molecule has 0 unspecified atom stereocenters. The van der Waals surface area contributed by atoms with Gasteiger partial charge in [0.2, 0.25) is 0 Å². The molecule has 0 aliphatic carbocycles. The van der Waals surface area contributed by atoms with E-state index in [2.05, 4.69) is 26.2 Å². The third kappa shape index (κ3) is 3.88. The van der Waals surface area contributed by atoms with Crippen molar-refractivity contribution in [2.45, 2.75) is 13.5 Å². The largest absolute Gasteiger partial charge is 0.334 e. The van der Waals surface area contributed by atoms with Crippen molar-refractivity contribution in [3.05, 3.63) is 64.9 Å². The van der Waals surface area contributed by atoms with Crippen molar-refractivity contribution in [2.75, 3.05) is 5.32 Å². The fourth-order valence-corrected chi connectivity index (χ4v) is 2.48. The maximum Gasteiger partial charge on any atom is 0.319 e. The van der Waals surface area contributed by atoms with Gasteiger partial charge in [0, 0.05) is 17.3 Å². The van der Waals surface area contributed by atoms with Crippen LogP contribution in [0.15, 0.2) is 48.8 Å². The molecule has 0 spiro atoms. The average molecular weight is 343 g/mol. The highest BCUT2D eigenvalue weighted by Crippen LogP contribution is 2.17. The van der Waals surface area contributed by atoms with Crippen LogP contribution in [-0.4, -0.2) is 26.2 Å². The molecular formula is C16H15ClN6O. The summed E-state index contributed by atoms with van der Waals surface area (Å²) in [5, 5.41) is 17.3. The van der Waals surface area contributed by atoms with E-state index in [0.717, 1.165) is 16.8 Å². The lowest BCUT2D eigenvalue weighted by atomic mass is 10.2. The van der Waals surface area contributed by atoms with Gasteiger partial charge in [0.15, 0.2) is 0 Å². The number of nitrogens with zero attached hydrogens (tertiary/aromatic N) is 4. The van der Waals surface area contributed by atoms with Crippen molar-refractivity contribution in [1.29, 1.82) is 0 Å². The highest BCUT2D eigenvalue weighted by molar-refractivity contribution is 6.30. The number of carbonyl (C=O) groups excluding carboxylic acids is 1. The van der Waals surface area contributed by atoms with E-state index in [-0.39, 0.29) is 6.03 Å². The second-order valence-electron chi connectivity index (χ2n) is 5.19. The van der Waals surface area contributed by atoms with Gasteiger partial charge in [-0.25, -0.2) is 9.48 Å². The average Bonchev–Trinajstić information content (AvgIpc) is 3.07. The van der Waals surface area contributed by atoms with Crippen molar-refractivity contribution in [3.63, 3.8) is 0 Å². The smallest absolute Gasteiger partial charge is 0.319 e. The van der Waals surface area contributed by atoms with E-state index in [4.69, 9.17) is 11.6 Å². The number of benzene rings is 2. The first-order valence-corrected chi connectivity index (χ1v) is 7.63. The number of aryl methyl sites for hydroxylation is 1. The maximum atomic E-state index is 12.0. The number of nitrogens with one attached hydrogen (secondary N) is 2. The Kier molecular flexibility index (Phi) is 4.72. The minimum absolute atomic E-state index is 0.287. The number of hydrogen-bond donors (Lipinski definition) is 2. The highest BCUT2D eigenvalue weighted by Gasteiger charge is 2.06. The van der Waals surface area contributed by atoms with Gasteiger partial charge in [0.05, 0.1) is 5.69 Å². The summed E-state index contributed by atoms with van der Waals surface area (Å²) < 4.78 is 1.57. The van der Waals surface area contributed by atoms with Crippen LogP contribution in [0.4, 0.5) is 10.5 Å². The van der Waals surface area contributed by atoms with Gasteiger partial charge in [-0.1, -0.05) is 23.7 Å². The van der Waals surface area contributed by atoms with Gasteiger partial charge in [-0.15, -0.1) is 5.10 Å². The van der Waals surface area contributed by atoms with Crippen LogP contribution < -0.4 is 10.6 Å². The Labute approximate surface area is 143 Å². The zero-order valence-corrected chi connectivity index (χ0v) is 13.7. The molecule has 0 atom stereocenters. The number of amides is 2. The summed E-state index contributed by atoms with van der Waals surface area (Å²) in [7, 11) is 0. The number of tetrazole rings is 1. The van der Waals surface area contributed by atoms with Crippen LogP contribution in [0.2, 0.25) is 5.02 Å². The number of halogens is 1.